The molecule has 0 radical (unpaired) electrons. The van der Waals surface area contributed by atoms with E-state index in [0.717, 1.165) is 12.3 Å². The quantitative estimate of drug-likeness (QED) is 0.298. The van der Waals surface area contributed by atoms with Gasteiger partial charge in [0, 0.05) is 12.2 Å². The van der Waals surface area contributed by atoms with Crippen LogP contribution in [0.4, 0.5) is 0 Å². The molecule has 0 amide bonds. The minimum atomic E-state index is -3.53. The third kappa shape index (κ3) is 8.16. The van der Waals surface area contributed by atoms with Crippen molar-refractivity contribution in [1.29, 1.82) is 0 Å². The number of carboxylic acid groups (broad SMARTS) is 2. The molecule has 0 aromatic rings. The van der Waals surface area contributed by atoms with E-state index in [-0.39, 0.29) is 13.2 Å². The first kappa shape index (κ1) is 17.4. The molecule has 0 aliphatic carbocycles. The fourth-order valence-corrected chi connectivity index (χ4v) is 1.54. The third-order valence-corrected chi connectivity index (χ3v) is 2.63. The molecule has 9 heteroatoms. The maximum absolute atomic E-state index is 10.7. The summed E-state index contributed by atoms with van der Waals surface area (Å²) < 4.78 is 25.8. The van der Waals surface area contributed by atoms with Crippen molar-refractivity contribution in [3.05, 3.63) is 11.8 Å². The van der Waals surface area contributed by atoms with Crippen LogP contribution in [0.15, 0.2) is 11.8 Å². The van der Waals surface area contributed by atoms with E-state index in [1.165, 1.54) is 0 Å². The fourth-order valence-electron chi connectivity index (χ4n) is 1.16. The maximum atomic E-state index is 10.7. The van der Waals surface area contributed by atoms with E-state index in [4.69, 9.17) is 10.2 Å². The van der Waals surface area contributed by atoms with E-state index in [0.29, 0.717) is 12.1 Å². The first-order valence-electron chi connectivity index (χ1n) is 5.42. The molecule has 0 saturated heterocycles. The summed E-state index contributed by atoms with van der Waals surface area (Å²) in [5.41, 5.74) is 0.395. The molecule has 3 N–H and O–H groups in total. The highest BCUT2D eigenvalue weighted by Gasteiger charge is 2.23. The molecule has 0 aliphatic rings. The average Bonchev–Trinajstić information content (AvgIpc) is 2.25. The molecule has 0 spiro atoms. The van der Waals surface area contributed by atoms with Gasteiger partial charge in [-0.15, -0.1) is 0 Å². The number of carboxylic acids is 2. The lowest BCUT2D eigenvalue weighted by atomic mass is 10.1. The lowest BCUT2D eigenvalue weighted by Gasteiger charge is -2.10. The number of rotatable bonds is 9. The Morgan fingerprint density at radius 3 is 2.21 bits per heavy atom. The van der Waals surface area contributed by atoms with E-state index >= 15 is 0 Å². The van der Waals surface area contributed by atoms with Crippen LogP contribution >= 0.6 is 0 Å². The van der Waals surface area contributed by atoms with E-state index in [1.807, 2.05) is 0 Å². The van der Waals surface area contributed by atoms with Crippen LogP contribution in [0, 0.1) is 5.92 Å². The second kappa shape index (κ2) is 7.74. The van der Waals surface area contributed by atoms with Crippen LogP contribution in [0.2, 0.25) is 0 Å². The van der Waals surface area contributed by atoms with E-state index < -0.39 is 28.0 Å². The third-order valence-electron chi connectivity index (χ3n) is 2.03. The normalized spacial score (nSPS) is 12.5. The molecule has 0 fully saturated rings. The number of aliphatic carboxylic acids is 2. The monoisotopic (exact) mass is 295 g/mol. The van der Waals surface area contributed by atoms with Gasteiger partial charge in [-0.05, 0) is 12.5 Å². The zero-order valence-corrected chi connectivity index (χ0v) is 11.4. The van der Waals surface area contributed by atoms with Crippen LogP contribution in [-0.2, 0) is 23.9 Å². The highest BCUT2D eigenvalue weighted by Crippen LogP contribution is 2.06. The largest absolute Gasteiger partial charge is 0.480 e. The predicted octanol–water partition coefficient (Wildman–Crippen LogP) is -0.368. The van der Waals surface area contributed by atoms with Crippen LogP contribution in [-0.4, -0.2) is 50.0 Å². The summed E-state index contributed by atoms with van der Waals surface area (Å²) in [6, 6.07) is 0. The average molecular weight is 295 g/mol. The lowest BCUT2D eigenvalue weighted by Crippen LogP contribution is -2.25. The van der Waals surface area contributed by atoms with Crippen LogP contribution < -0.4 is 5.32 Å². The maximum Gasteiger partial charge on any atom is 0.321 e. The number of nitrogens with one attached hydrogen (secondary N) is 1. The second-order valence-electron chi connectivity index (χ2n) is 3.65. The van der Waals surface area contributed by atoms with Gasteiger partial charge in [0.05, 0.1) is 12.9 Å². The summed E-state index contributed by atoms with van der Waals surface area (Å²) in [7, 11) is -3.53. The molecule has 0 atom stereocenters. The molecule has 0 saturated carbocycles. The van der Waals surface area contributed by atoms with Gasteiger partial charge in [0.15, 0.2) is 5.92 Å². The van der Waals surface area contributed by atoms with Crippen molar-refractivity contribution in [2.24, 2.45) is 5.92 Å². The SMILES string of the molecule is CCC(=CC(C(=O)O)C(=O)O)NCCOS(C)(=O)=O. The number of allylic oxidation sites excluding steroid dienone is 1. The van der Waals surface area contributed by atoms with Crippen LogP contribution in [0.5, 0.6) is 0 Å². The summed E-state index contributed by atoms with van der Waals surface area (Å²) in [6.07, 6.45) is 2.37. The molecule has 0 aromatic carbocycles. The molecular formula is C10H17NO7S. The van der Waals surface area contributed by atoms with Gasteiger partial charge in [-0.25, -0.2) is 0 Å². The van der Waals surface area contributed by atoms with Crippen LogP contribution in [0.1, 0.15) is 13.3 Å². The summed E-state index contributed by atoms with van der Waals surface area (Å²) in [5, 5.41) is 20.1. The van der Waals surface area contributed by atoms with Gasteiger partial charge in [-0.3, -0.25) is 13.8 Å². The topological polar surface area (TPSA) is 130 Å². The zero-order valence-electron chi connectivity index (χ0n) is 10.6. The van der Waals surface area contributed by atoms with Crippen molar-refractivity contribution >= 4 is 22.1 Å². The second-order valence-corrected chi connectivity index (χ2v) is 5.30. The molecule has 0 bridgehead atoms. The number of hydrogen-bond donors (Lipinski definition) is 3. The Hall–Kier alpha value is -1.61. The Balaban J connectivity index is 4.48. The minimum Gasteiger partial charge on any atom is -0.480 e. The molecule has 0 unspecified atom stereocenters. The Bertz CT molecular complexity index is 440. The van der Waals surface area contributed by atoms with Gasteiger partial charge < -0.3 is 15.5 Å². The van der Waals surface area contributed by atoms with E-state index in [9.17, 15) is 18.0 Å². The summed E-state index contributed by atoms with van der Waals surface area (Å²) >= 11 is 0. The predicted molar refractivity (Wildman–Crippen MR) is 65.9 cm³/mol. The Morgan fingerprint density at radius 1 is 1.32 bits per heavy atom. The van der Waals surface area contributed by atoms with Crippen LogP contribution in [0.3, 0.4) is 0 Å². The van der Waals surface area contributed by atoms with Crippen molar-refractivity contribution in [3.8, 4) is 0 Å². The molecule has 0 heterocycles. The standard InChI is InChI=1S/C10H17NO7S/c1-3-7(6-8(9(12)13)10(14)15)11-4-5-18-19(2,16)17/h6,8,11H,3-5H2,1-2H3,(H,12,13)(H,14,15). The molecule has 0 rings (SSSR count). The molecule has 8 nitrogen and oxygen atoms in total. The van der Waals surface area contributed by atoms with Crippen LogP contribution in [0.25, 0.3) is 0 Å². The molecule has 0 aliphatic heterocycles. The highest BCUT2D eigenvalue weighted by atomic mass is 32.2. The molecule has 110 valence electrons. The van der Waals surface area contributed by atoms with Gasteiger partial charge >= 0.3 is 11.9 Å². The first-order valence-corrected chi connectivity index (χ1v) is 7.23. The molecule has 0 aromatic heterocycles. The van der Waals surface area contributed by atoms with Gasteiger partial charge in [0.2, 0.25) is 0 Å². The van der Waals surface area contributed by atoms with Crippen molar-refractivity contribution in [2.75, 3.05) is 19.4 Å². The molecular weight excluding hydrogens is 278 g/mol. The Labute approximate surface area is 111 Å². The Morgan fingerprint density at radius 2 is 1.84 bits per heavy atom. The number of carbonyl (C=O) groups is 2. The number of hydrogen-bond acceptors (Lipinski definition) is 6. The van der Waals surface area contributed by atoms with Crippen molar-refractivity contribution in [3.63, 3.8) is 0 Å². The van der Waals surface area contributed by atoms with Gasteiger partial charge in [0.25, 0.3) is 10.1 Å². The van der Waals surface area contributed by atoms with Crippen molar-refractivity contribution < 1.29 is 32.4 Å². The summed E-state index contributed by atoms with van der Waals surface area (Å²) in [5.74, 6) is -4.57. The van der Waals surface area contributed by atoms with E-state index in [1.54, 1.807) is 6.92 Å². The zero-order chi connectivity index (χ0) is 15.1. The molecule has 19 heavy (non-hydrogen) atoms. The lowest BCUT2D eigenvalue weighted by molar-refractivity contribution is -0.151. The van der Waals surface area contributed by atoms with E-state index in [2.05, 4.69) is 9.50 Å². The van der Waals surface area contributed by atoms with Gasteiger partial charge in [-0.2, -0.15) is 8.42 Å². The first-order chi connectivity index (χ1) is 8.67. The summed E-state index contributed by atoms with van der Waals surface area (Å²) in [6.45, 7) is 1.71. The van der Waals surface area contributed by atoms with Gasteiger partial charge in [0.1, 0.15) is 0 Å². The fraction of sp³-hybridized carbons (Fsp3) is 0.600. The highest BCUT2D eigenvalue weighted by molar-refractivity contribution is 7.85. The van der Waals surface area contributed by atoms with Gasteiger partial charge in [-0.1, -0.05) is 6.92 Å². The van der Waals surface area contributed by atoms with Crippen molar-refractivity contribution in [2.45, 2.75) is 13.3 Å². The smallest absolute Gasteiger partial charge is 0.321 e. The Kier molecular flexibility index (Phi) is 7.09. The minimum absolute atomic E-state index is 0.124. The summed E-state index contributed by atoms with van der Waals surface area (Å²) in [4.78, 5) is 21.4. The van der Waals surface area contributed by atoms with Crippen molar-refractivity contribution in [1.82, 2.24) is 5.32 Å².